The zero-order valence-corrected chi connectivity index (χ0v) is 16.1. The quantitative estimate of drug-likeness (QED) is 0.740. The number of piperazine rings is 1. The van der Waals surface area contributed by atoms with Gasteiger partial charge in [-0.15, -0.1) is 0 Å². The highest BCUT2D eigenvalue weighted by atomic mass is 16.3. The molecule has 2 heterocycles. The molecule has 2 aromatic carbocycles. The molecule has 1 N–H and O–H groups in total. The fourth-order valence-electron chi connectivity index (χ4n) is 3.63. The minimum absolute atomic E-state index is 0.0488. The maximum atomic E-state index is 13.0. The van der Waals surface area contributed by atoms with Crippen molar-refractivity contribution in [2.24, 2.45) is 0 Å². The molecule has 0 bridgehead atoms. The summed E-state index contributed by atoms with van der Waals surface area (Å²) in [7, 11) is 0. The molecule has 1 aromatic heterocycles. The SMILES string of the molecule is CCc1ccc(C2CNCCN2C(=O)Cc2coc(-c3ccccc3)n2)cc1. The van der Waals surface area contributed by atoms with Gasteiger partial charge >= 0.3 is 0 Å². The number of amides is 1. The van der Waals surface area contributed by atoms with Crippen molar-refractivity contribution >= 4 is 5.91 Å². The van der Waals surface area contributed by atoms with E-state index >= 15 is 0 Å². The summed E-state index contributed by atoms with van der Waals surface area (Å²) in [6, 6.07) is 18.4. The topological polar surface area (TPSA) is 58.4 Å². The van der Waals surface area contributed by atoms with E-state index in [2.05, 4.69) is 41.5 Å². The molecule has 5 heteroatoms. The number of benzene rings is 2. The maximum absolute atomic E-state index is 13.0. The number of hydrogen-bond donors (Lipinski definition) is 1. The van der Waals surface area contributed by atoms with Crippen LogP contribution in [-0.4, -0.2) is 35.4 Å². The second-order valence-electron chi connectivity index (χ2n) is 7.09. The first-order valence-corrected chi connectivity index (χ1v) is 9.83. The third-order valence-electron chi connectivity index (χ3n) is 5.24. The largest absolute Gasteiger partial charge is 0.444 e. The second-order valence-corrected chi connectivity index (χ2v) is 7.09. The van der Waals surface area contributed by atoms with Crippen molar-refractivity contribution in [3.05, 3.63) is 77.7 Å². The fourth-order valence-corrected chi connectivity index (χ4v) is 3.63. The lowest BCUT2D eigenvalue weighted by molar-refractivity contribution is -0.133. The second kappa shape index (κ2) is 8.40. The van der Waals surface area contributed by atoms with Gasteiger partial charge in [-0.1, -0.05) is 49.4 Å². The Kier molecular flexibility index (Phi) is 5.53. The van der Waals surface area contributed by atoms with Crippen LogP contribution < -0.4 is 5.32 Å². The van der Waals surface area contributed by atoms with Crippen LogP contribution in [0.4, 0.5) is 0 Å². The van der Waals surface area contributed by atoms with Crippen LogP contribution >= 0.6 is 0 Å². The molecule has 0 spiro atoms. The summed E-state index contributed by atoms with van der Waals surface area (Å²) in [5.41, 5.74) is 4.06. The van der Waals surface area contributed by atoms with Gasteiger partial charge in [0, 0.05) is 25.2 Å². The molecule has 1 saturated heterocycles. The van der Waals surface area contributed by atoms with E-state index < -0.39 is 0 Å². The van der Waals surface area contributed by atoms with Gasteiger partial charge in [-0.25, -0.2) is 4.98 Å². The Morgan fingerprint density at radius 1 is 1.18 bits per heavy atom. The van der Waals surface area contributed by atoms with Gasteiger partial charge in [0.05, 0.1) is 18.2 Å². The van der Waals surface area contributed by atoms with Crippen LogP contribution in [0.1, 0.15) is 29.8 Å². The van der Waals surface area contributed by atoms with Crippen LogP contribution in [0.5, 0.6) is 0 Å². The predicted octanol–water partition coefficient (Wildman–Crippen LogP) is 3.62. The summed E-state index contributed by atoms with van der Waals surface area (Å²) in [6.07, 6.45) is 2.86. The number of aromatic nitrogens is 1. The Morgan fingerprint density at radius 3 is 2.71 bits per heavy atom. The molecule has 0 radical (unpaired) electrons. The Bertz CT molecular complexity index is 919. The highest BCUT2D eigenvalue weighted by molar-refractivity contribution is 5.79. The van der Waals surface area contributed by atoms with Crippen molar-refractivity contribution in [2.75, 3.05) is 19.6 Å². The minimum Gasteiger partial charge on any atom is -0.444 e. The first kappa shape index (κ1) is 18.4. The van der Waals surface area contributed by atoms with Crippen molar-refractivity contribution < 1.29 is 9.21 Å². The maximum Gasteiger partial charge on any atom is 0.229 e. The lowest BCUT2D eigenvalue weighted by atomic mass is 10.0. The molecule has 1 unspecified atom stereocenters. The number of nitrogens with zero attached hydrogens (tertiary/aromatic N) is 2. The molecule has 5 nitrogen and oxygen atoms in total. The van der Waals surface area contributed by atoms with E-state index in [9.17, 15) is 4.79 Å². The summed E-state index contributed by atoms with van der Waals surface area (Å²) in [6.45, 7) is 4.42. The Labute approximate surface area is 165 Å². The lowest BCUT2D eigenvalue weighted by Gasteiger charge is -2.36. The normalized spacial score (nSPS) is 16.9. The van der Waals surface area contributed by atoms with E-state index in [1.807, 2.05) is 35.2 Å². The highest BCUT2D eigenvalue weighted by Gasteiger charge is 2.28. The number of carbonyl (C=O) groups excluding carboxylic acids is 1. The predicted molar refractivity (Wildman–Crippen MR) is 109 cm³/mol. The number of rotatable bonds is 5. The van der Waals surface area contributed by atoms with Crippen LogP contribution in [0.25, 0.3) is 11.5 Å². The van der Waals surface area contributed by atoms with Gasteiger partial charge in [-0.2, -0.15) is 0 Å². The van der Waals surface area contributed by atoms with Crippen LogP contribution in [0, 0.1) is 0 Å². The standard InChI is InChI=1S/C23H25N3O2/c1-2-17-8-10-18(11-9-17)21-15-24-12-13-26(21)22(27)14-20-16-28-23(25-20)19-6-4-3-5-7-19/h3-11,16,21,24H,2,12-15H2,1H3. The van der Waals surface area contributed by atoms with Gasteiger partial charge in [-0.3, -0.25) is 4.79 Å². The van der Waals surface area contributed by atoms with Crippen molar-refractivity contribution in [2.45, 2.75) is 25.8 Å². The van der Waals surface area contributed by atoms with E-state index in [0.29, 0.717) is 18.1 Å². The van der Waals surface area contributed by atoms with Gasteiger partial charge in [0.1, 0.15) is 6.26 Å². The summed E-state index contributed by atoms with van der Waals surface area (Å²) in [5.74, 6) is 0.634. The summed E-state index contributed by atoms with van der Waals surface area (Å²) in [5, 5.41) is 3.41. The molecule has 144 valence electrons. The molecule has 0 saturated carbocycles. The molecule has 0 aliphatic carbocycles. The third-order valence-corrected chi connectivity index (χ3v) is 5.24. The van der Waals surface area contributed by atoms with E-state index in [0.717, 1.165) is 25.1 Å². The van der Waals surface area contributed by atoms with Gasteiger partial charge in [-0.05, 0) is 29.7 Å². The van der Waals surface area contributed by atoms with Crippen molar-refractivity contribution in [3.8, 4) is 11.5 Å². The molecule has 1 fully saturated rings. The molecule has 4 rings (SSSR count). The minimum atomic E-state index is 0.0488. The monoisotopic (exact) mass is 375 g/mol. The molecular weight excluding hydrogens is 350 g/mol. The van der Waals surface area contributed by atoms with E-state index in [1.54, 1.807) is 6.26 Å². The first-order valence-electron chi connectivity index (χ1n) is 9.83. The Morgan fingerprint density at radius 2 is 1.96 bits per heavy atom. The summed E-state index contributed by atoms with van der Waals surface area (Å²) < 4.78 is 5.58. The van der Waals surface area contributed by atoms with Gasteiger partial charge in [0.2, 0.25) is 11.8 Å². The zero-order valence-electron chi connectivity index (χ0n) is 16.1. The summed E-state index contributed by atoms with van der Waals surface area (Å²) in [4.78, 5) is 19.5. The van der Waals surface area contributed by atoms with Gasteiger partial charge in [0.15, 0.2) is 0 Å². The van der Waals surface area contributed by atoms with Crippen LogP contribution in [0.2, 0.25) is 0 Å². The zero-order chi connectivity index (χ0) is 19.3. The molecule has 1 atom stereocenters. The van der Waals surface area contributed by atoms with Crippen LogP contribution in [0.15, 0.2) is 65.3 Å². The smallest absolute Gasteiger partial charge is 0.229 e. The van der Waals surface area contributed by atoms with Crippen molar-refractivity contribution in [1.82, 2.24) is 15.2 Å². The number of nitrogens with one attached hydrogen (secondary N) is 1. The van der Waals surface area contributed by atoms with E-state index in [-0.39, 0.29) is 18.4 Å². The van der Waals surface area contributed by atoms with Crippen LogP contribution in [-0.2, 0) is 17.6 Å². The third kappa shape index (κ3) is 3.99. The van der Waals surface area contributed by atoms with Gasteiger partial charge in [0.25, 0.3) is 0 Å². The average molecular weight is 375 g/mol. The molecule has 1 amide bonds. The summed E-state index contributed by atoms with van der Waals surface area (Å²) >= 11 is 0. The molecule has 1 aliphatic rings. The Hall–Kier alpha value is -2.92. The van der Waals surface area contributed by atoms with Crippen LogP contribution in [0.3, 0.4) is 0 Å². The molecule has 28 heavy (non-hydrogen) atoms. The lowest BCUT2D eigenvalue weighted by Crippen LogP contribution is -2.49. The number of aryl methyl sites for hydroxylation is 1. The number of oxazole rings is 1. The fraction of sp³-hybridized carbons (Fsp3) is 0.304. The van der Waals surface area contributed by atoms with E-state index in [1.165, 1.54) is 11.1 Å². The average Bonchev–Trinajstić information content (AvgIpc) is 3.23. The molecular formula is C23H25N3O2. The van der Waals surface area contributed by atoms with Gasteiger partial charge < -0.3 is 14.6 Å². The van der Waals surface area contributed by atoms with E-state index in [4.69, 9.17) is 4.42 Å². The van der Waals surface area contributed by atoms with Crippen molar-refractivity contribution in [1.29, 1.82) is 0 Å². The first-order chi connectivity index (χ1) is 13.7. The van der Waals surface area contributed by atoms with Crippen molar-refractivity contribution in [3.63, 3.8) is 0 Å². The highest BCUT2D eigenvalue weighted by Crippen LogP contribution is 2.24. The molecule has 1 aliphatic heterocycles. The number of carbonyl (C=O) groups is 1. The Balaban J connectivity index is 1.48. The number of hydrogen-bond acceptors (Lipinski definition) is 4. The molecule has 3 aromatic rings.